The molecule has 0 heterocycles. The fourth-order valence-corrected chi connectivity index (χ4v) is 1.90. The average molecular weight is 301 g/mol. The van der Waals surface area contributed by atoms with Crippen LogP contribution < -0.4 is 11.1 Å². The van der Waals surface area contributed by atoms with Gasteiger partial charge in [-0.1, -0.05) is 23.8 Å². The highest BCUT2D eigenvalue weighted by Gasteiger charge is 2.06. The Hall–Kier alpha value is -1.33. The number of rotatable bonds is 7. The van der Waals surface area contributed by atoms with Crippen molar-refractivity contribution in [2.45, 2.75) is 19.8 Å². The summed E-state index contributed by atoms with van der Waals surface area (Å²) in [7, 11) is 0. The summed E-state index contributed by atoms with van der Waals surface area (Å²) in [5.74, 6) is -0.185. The van der Waals surface area contributed by atoms with Crippen molar-refractivity contribution in [3.63, 3.8) is 0 Å². The quantitative estimate of drug-likeness (QED) is 0.460. The molecule has 4 nitrogen and oxygen atoms in total. The van der Waals surface area contributed by atoms with Gasteiger partial charge in [0.1, 0.15) is 4.99 Å². The van der Waals surface area contributed by atoms with E-state index in [4.69, 9.17) is 34.3 Å². The lowest BCUT2D eigenvalue weighted by molar-refractivity contribution is -0.143. The maximum atomic E-state index is 11.2. The SMILES string of the molecule is CCOC(=O)CCCNc1ccc(Cl)cc1C(N)=S. The molecule has 1 rings (SSSR count). The number of thiocarbonyl (C=S) groups is 1. The number of anilines is 1. The van der Waals surface area contributed by atoms with Gasteiger partial charge in [0.05, 0.1) is 6.61 Å². The number of carbonyl (C=O) groups excluding carboxylic acids is 1. The predicted octanol–water partition coefficient (Wildman–Crippen LogP) is 2.73. The lowest BCUT2D eigenvalue weighted by Crippen LogP contribution is -2.14. The van der Waals surface area contributed by atoms with Crippen LogP contribution in [-0.2, 0) is 9.53 Å². The maximum Gasteiger partial charge on any atom is 0.305 e. The first-order valence-electron chi connectivity index (χ1n) is 6.03. The first-order valence-corrected chi connectivity index (χ1v) is 6.82. The van der Waals surface area contributed by atoms with E-state index in [2.05, 4.69) is 5.32 Å². The van der Waals surface area contributed by atoms with E-state index in [1.807, 2.05) is 6.07 Å². The van der Waals surface area contributed by atoms with E-state index in [0.29, 0.717) is 36.6 Å². The number of esters is 1. The summed E-state index contributed by atoms with van der Waals surface area (Å²) in [5, 5.41) is 3.77. The maximum absolute atomic E-state index is 11.2. The molecule has 3 N–H and O–H groups in total. The van der Waals surface area contributed by atoms with Gasteiger partial charge in [-0.2, -0.15) is 0 Å². The van der Waals surface area contributed by atoms with Crippen molar-refractivity contribution in [3.05, 3.63) is 28.8 Å². The number of ether oxygens (including phenoxy) is 1. The highest BCUT2D eigenvalue weighted by molar-refractivity contribution is 7.80. The zero-order chi connectivity index (χ0) is 14.3. The summed E-state index contributed by atoms with van der Waals surface area (Å²) in [4.78, 5) is 11.5. The van der Waals surface area contributed by atoms with Gasteiger partial charge in [0, 0.05) is 29.2 Å². The molecule has 6 heteroatoms. The molecular weight excluding hydrogens is 284 g/mol. The molecule has 0 aliphatic heterocycles. The summed E-state index contributed by atoms with van der Waals surface area (Å²) in [5.41, 5.74) is 7.16. The number of hydrogen-bond acceptors (Lipinski definition) is 4. The molecule has 0 aliphatic carbocycles. The zero-order valence-electron chi connectivity index (χ0n) is 10.7. The number of benzene rings is 1. The van der Waals surface area contributed by atoms with Gasteiger partial charge in [-0.15, -0.1) is 0 Å². The summed E-state index contributed by atoms with van der Waals surface area (Å²) >= 11 is 10.9. The van der Waals surface area contributed by atoms with Crippen LogP contribution >= 0.6 is 23.8 Å². The monoisotopic (exact) mass is 300 g/mol. The van der Waals surface area contributed by atoms with E-state index >= 15 is 0 Å². The van der Waals surface area contributed by atoms with Crippen LogP contribution in [-0.4, -0.2) is 24.1 Å². The Morgan fingerprint density at radius 1 is 1.53 bits per heavy atom. The molecule has 0 radical (unpaired) electrons. The van der Waals surface area contributed by atoms with Crippen molar-refractivity contribution in [3.8, 4) is 0 Å². The smallest absolute Gasteiger partial charge is 0.305 e. The minimum Gasteiger partial charge on any atom is -0.466 e. The average Bonchev–Trinajstić information content (AvgIpc) is 2.36. The molecule has 0 aliphatic rings. The van der Waals surface area contributed by atoms with Crippen molar-refractivity contribution in [2.75, 3.05) is 18.5 Å². The number of nitrogens with one attached hydrogen (secondary N) is 1. The third kappa shape index (κ3) is 5.44. The Balaban J connectivity index is 2.49. The van der Waals surface area contributed by atoms with Gasteiger partial charge in [0.25, 0.3) is 0 Å². The van der Waals surface area contributed by atoms with Gasteiger partial charge in [0.15, 0.2) is 0 Å². The second-order valence-electron chi connectivity index (χ2n) is 3.89. The highest BCUT2D eigenvalue weighted by atomic mass is 35.5. The van der Waals surface area contributed by atoms with E-state index in [-0.39, 0.29) is 11.0 Å². The van der Waals surface area contributed by atoms with Crippen molar-refractivity contribution in [1.29, 1.82) is 0 Å². The molecule has 0 saturated heterocycles. The molecule has 0 bridgehead atoms. The van der Waals surface area contributed by atoms with Crippen LogP contribution in [0.5, 0.6) is 0 Å². The van der Waals surface area contributed by atoms with Crippen LogP contribution in [0.3, 0.4) is 0 Å². The molecule has 0 aromatic heterocycles. The van der Waals surface area contributed by atoms with Crippen LogP contribution in [0.25, 0.3) is 0 Å². The summed E-state index contributed by atoms with van der Waals surface area (Å²) in [6.45, 7) is 2.84. The van der Waals surface area contributed by atoms with E-state index < -0.39 is 0 Å². The Kier molecular flexibility index (Phi) is 6.59. The number of halogens is 1. The number of hydrogen-bond donors (Lipinski definition) is 2. The number of nitrogens with two attached hydrogens (primary N) is 1. The second kappa shape index (κ2) is 7.96. The molecule has 0 atom stereocenters. The fraction of sp³-hybridized carbons (Fsp3) is 0.385. The second-order valence-corrected chi connectivity index (χ2v) is 4.77. The first-order chi connectivity index (χ1) is 9.04. The fourth-order valence-electron chi connectivity index (χ4n) is 1.56. The molecule has 0 spiro atoms. The van der Waals surface area contributed by atoms with Gasteiger partial charge < -0.3 is 15.8 Å². The molecule has 0 saturated carbocycles. The zero-order valence-corrected chi connectivity index (χ0v) is 12.3. The van der Waals surface area contributed by atoms with Gasteiger partial charge in [0.2, 0.25) is 0 Å². The Morgan fingerprint density at radius 2 is 2.26 bits per heavy atom. The van der Waals surface area contributed by atoms with Crippen molar-refractivity contribution in [2.24, 2.45) is 5.73 Å². The van der Waals surface area contributed by atoms with Crippen LogP contribution in [0.4, 0.5) is 5.69 Å². The van der Waals surface area contributed by atoms with Gasteiger partial charge in [-0.05, 0) is 31.5 Å². The van der Waals surface area contributed by atoms with Gasteiger partial charge in [-0.3, -0.25) is 4.79 Å². The van der Waals surface area contributed by atoms with Gasteiger partial charge >= 0.3 is 5.97 Å². The molecule has 1 aromatic rings. The first kappa shape index (κ1) is 15.7. The summed E-state index contributed by atoms with van der Waals surface area (Å²) < 4.78 is 4.85. The number of carbonyl (C=O) groups is 1. The largest absolute Gasteiger partial charge is 0.466 e. The molecule has 1 aromatic carbocycles. The molecular formula is C13H17ClN2O2S. The van der Waals surface area contributed by atoms with Crippen molar-refractivity contribution in [1.82, 2.24) is 0 Å². The lowest BCUT2D eigenvalue weighted by atomic mass is 10.1. The molecule has 0 unspecified atom stereocenters. The van der Waals surface area contributed by atoms with Gasteiger partial charge in [-0.25, -0.2) is 0 Å². The van der Waals surface area contributed by atoms with E-state index in [1.54, 1.807) is 19.1 Å². The highest BCUT2D eigenvalue weighted by Crippen LogP contribution is 2.20. The normalized spacial score (nSPS) is 10.0. The molecule has 0 fully saturated rings. The standard InChI is InChI=1S/C13H17ClN2O2S/c1-2-18-12(17)4-3-7-16-11-6-5-9(14)8-10(11)13(15)19/h5-6,8,16H,2-4,7H2,1H3,(H2,15,19). The van der Waals surface area contributed by atoms with Crippen LogP contribution in [0.15, 0.2) is 18.2 Å². The Bertz CT molecular complexity index is 466. The van der Waals surface area contributed by atoms with E-state index in [9.17, 15) is 4.79 Å². The molecule has 104 valence electrons. The minimum absolute atomic E-state index is 0.185. The minimum atomic E-state index is -0.185. The van der Waals surface area contributed by atoms with Crippen LogP contribution in [0.2, 0.25) is 5.02 Å². The van der Waals surface area contributed by atoms with E-state index in [1.165, 1.54) is 0 Å². The summed E-state index contributed by atoms with van der Waals surface area (Å²) in [6, 6.07) is 5.30. The van der Waals surface area contributed by atoms with Crippen LogP contribution in [0.1, 0.15) is 25.3 Å². The predicted molar refractivity (Wildman–Crippen MR) is 81.7 cm³/mol. The summed E-state index contributed by atoms with van der Waals surface area (Å²) in [6.07, 6.45) is 1.06. The Morgan fingerprint density at radius 3 is 2.89 bits per heavy atom. The topological polar surface area (TPSA) is 64.3 Å². The van der Waals surface area contributed by atoms with Crippen LogP contribution in [0, 0.1) is 0 Å². The lowest BCUT2D eigenvalue weighted by Gasteiger charge is -2.11. The van der Waals surface area contributed by atoms with Crippen molar-refractivity contribution >= 4 is 40.5 Å². The molecule has 0 amide bonds. The van der Waals surface area contributed by atoms with E-state index in [0.717, 1.165) is 5.69 Å². The third-order valence-electron chi connectivity index (χ3n) is 2.43. The molecule has 19 heavy (non-hydrogen) atoms. The Labute approximate surface area is 123 Å². The third-order valence-corrected chi connectivity index (χ3v) is 2.88. The van der Waals surface area contributed by atoms with Crippen molar-refractivity contribution < 1.29 is 9.53 Å².